The van der Waals surface area contributed by atoms with Gasteiger partial charge in [0.25, 0.3) is 0 Å². The monoisotopic (exact) mass is 342 g/mol. The molecule has 12 nitrogen and oxygen atoms in total. The van der Waals surface area contributed by atoms with E-state index in [1.165, 1.54) is 0 Å². The number of carboxylic acids is 1. The fourth-order valence-electron chi connectivity index (χ4n) is 1.32. The third-order valence-corrected chi connectivity index (χ3v) is 2.77. The third kappa shape index (κ3) is 6.15. The number of aliphatic carboxylic acids is 1. The van der Waals surface area contributed by atoms with Crippen LogP contribution in [0.15, 0.2) is 0 Å². The number of hydrogen-bond acceptors (Lipinski definition) is 11. The van der Waals surface area contributed by atoms with Crippen LogP contribution >= 0.6 is 0 Å². The molecule has 0 aliphatic heterocycles. The first-order chi connectivity index (χ1) is 10.5. The van der Waals surface area contributed by atoms with Crippen molar-refractivity contribution in [2.75, 3.05) is 6.61 Å². The molecule has 0 unspecified atom stereocenters. The molecule has 0 fully saturated rings. The van der Waals surface area contributed by atoms with E-state index in [1.54, 1.807) is 0 Å². The maximum Gasteiger partial charge on any atom is 0.337 e. The van der Waals surface area contributed by atoms with E-state index in [4.69, 9.17) is 15.3 Å². The lowest BCUT2D eigenvalue weighted by atomic mass is 10.0. The summed E-state index contributed by atoms with van der Waals surface area (Å²) in [5.41, 5.74) is 0. The molecule has 0 aromatic rings. The van der Waals surface area contributed by atoms with Gasteiger partial charge in [-0.3, -0.25) is 0 Å². The summed E-state index contributed by atoms with van der Waals surface area (Å²) < 4.78 is 4.27. The maximum atomic E-state index is 11.4. The molecule has 0 saturated carbocycles. The van der Waals surface area contributed by atoms with Gasteiger partial charge in [0.1, 0.15) is 37.1 Å². The molecule has 8 N–H and O–H groups in total. The zero-order valence-electron chi connectivity index (χ0n) is 11.5. The first-order valence-corrected chi connectivity index (χ1v) is 6.15. The lowest BCUT2D eigenvalue weighted by Gasteiger charge is -2.24. The second kappa shape index (κ2) is 9.46. The number of carboxylic acid groups (broad SMARTS) is 1. The standard InChI is InChI=1S/C11H18O12/c12-1-3(13)5(15)4(14)2-23-11(22)9(19)7(17)6(16)8(18)10(20)21/h1,3-9,13-19H,2H2,(H,20,21)/t3-,4-,5+,6+,7+,8+,9-/m1/s1. The smallest absolute Gasteiger partial charge is 0.337 e. The summed E-state index contributed by atoms with van der Waals surface area (Å²) in [6.07, 6.45) is -15.7. The van der Waals surface area contributed by atoms with Crippen molar-refractivity contribution in [3.8, 4) is 0 Å². The zero-order chi connectivity index (χ0) is 18.3. The van der Waals surface area contributed by atoms with E-state index in [9.17, 15) is 39.9 Å². The van der Waals surface area contributed by atoms with Crippen LogP contribution in [0.3, 0.4) is 0 Å². The molecule has 7 atom stereocenters. The summed E-state index contributed by atoms with van der Waals surface area (Å²) in [7, 11) is 0. The Morgan fingerprint density at radius 3 is 1.78 bits per heavy atom. The highest BCUT2D eigenvalue weighted by Crippen LogP contribution is 2.08. The molecule has 0 heterocycles. The van der Waals surface area contributed by atoms with Gasteiger partial charge >= 0.3 is 11.9 Å². The number of hydrogen-bond donors (Lipinski definition) is 8. The van der Waals surface area contributed by atoms with E-state index in [1.807, 2.05) is 0 Å². The van der Waals surface area contributed by atoms with Gasteiger partial charge < -0.3 is 50.4 Å². The molecule has 0 radical (unpaired) electrons. The minimum absolute atomic E-state index is 0.0854. The summed E-state index contributed by atoms with van der Waals surface area (Å²) in [5.74, 6) is -3.54. The fourth-order valence-corrected chi connectivity index (χ4v) is 1.32. The van der Waals surface area contributed by atoms with Crippen LogP contribution in [0.1, 0.15) is 0 Å². The number of rotatable bonds is 10. The van der Waals surface area contributed by atoms with Crippen molar-refractivity contribution < 1.29 is 60.0 Å². The van der Waals surface area contributed by atoms with E-state index in [-0.39, 0.29) is 6.29 Å². The summed E-state index contributed by atoms with van der Waals surface area (Å²) in [6, 6.07) is 0. The van der Waals surface area contributed by atoms with E-state index in [0.717, 1.165) is 0 Å². The Morgan fingerprint density at radius 2 is 1.35 bits per heavy atom. The second-order valence-corrected chi connectivity index (χ2v) is 4.52. The van der Waals surface area contributed by atoms with Gasteiger partial charge in [0, 0.05) is 0 Å². The average molecular weight is 342 g/mol. The van der Waals surface area contributed by atoms with Crippen molar-refractivity contribution in [1.82, 2.24) is 0 Å². The summed E-state index contributed by atoms with van der Waals surface area (Å²) >= 11 is 0. The Morgan fingerprint density at radius 1 is 0.870 bits per heavy atom. The number of aliphatic hydroxyl groups excluding tert-OH is 7. The third-order valence-electron chi connectivity index (χ3n) is 2.77. The van der Waals surface area contributed by atoms with Crippen LogP contribution in [0.2, 0.25) is 0 Å². The Hall–Kier alpha value is -1.67. The van der Waals surface area contributed by atoms with Crippen molar-refractivity contribution in [3.05, 3.63) is 0 Å². The van der Waals surface area contributed by atoms with Crippen LogP contribution in [0.5, 0.6) is 0 Å². The molecule has 0 amide bonds. The van der Waals surface area contributed by atoms with Crippen LogP contribution < -0.4 is 0 Å². The van der Waals surface area contributed by atoms with Crippen molar-refractivity contribution in [2.45, 2.75) is 42.7 Å². The topological polar surface area (TPSA) is 222 Å². The maximum absolute atomic E-state index is 11.4. The molecule has 0 aliphatic rings. The Kier molecular flexibility index (Phi) is 8.78. The number of carbonyl (C=O) groups excluding carboxylic acids is 2. The lowest BCUT2D eigenvalue weighted by molar-refractivity contribution is -0.179. The normalized spacial score (nSPS) is 20.5. The van der Waals surface area contributed by atoms with Gasteiger partial charge in [-0.2, -0.15) is 0 Å². The second-order valence-electron chi connectivity index (χ2n) is 4.52. The number of aliphatic hydroxyl groups is 7. The van der Waals surface area contributed by atoms with E-state index >= 15 is 0 Å². The van der Waals surface area contributed by atoms with E-state index < -0.39 is 61.3 Å². The number of carbonyl (C=O) groups is 3. The Balaban J connectivity index is 4.55. The molecule has 0 aromatic heterocycles. The van der Waals surface area contributed by atoms with Crippen LogP contribution in [0.25, 0.3) is 0 Å². The molecule has 0 rings (SSSR count). The highest BCUT2D eigenvalue weighted by Gasteiger charge is 2.38. The Labute approximate surface area is 128 Å². The number of aldehydes is 1. The van der Waals surface area contributed by atoms with Crippen molar-refractivity contribution in [1.29, 1.82) is 0 Å². The highest BCUT2D eigenvalue weighted by molar-refractivity contribution is 5.76. The predicted molar refractivity (Wildman–Crippen MR) is 66.7 cm³/mol. The van der Waals surface area contributed by atoms with Gasteiger partial charge in [0.05, 0.1) is 0 Å². The average Bonchev–Trinajstić information content (AvgIpc) is 2.54. The molecule has 0 saturated heterocycles. The molecule has 0 aliphatic carbocycles. The molecule has 12 heteroatoms. The van der Waals surface area contributed by atoms with Crippen molar-refractivity contribution >= 4 is 18.2 Å². The van der Waals surface area contributed by atoms with Crippen molar-refractivity contribution in [3.63, 3.8) is 0 Å². The van der Waals surface area contributed by atoms with Gasteiger partial charge in [0.2, 0.25) is 0 Å². The number of ether oxygens (including phenoxy) is 1. The van der Waals surface area contributed by atoms with Gasteiger partial charge in [-0.25, -0.2) is 9.59 Å². The lowest BCUT2D eigenvalue weighted by Crippen LogP contribution is -2.51. The van der Waals surface area contributed by atoms with Gasteiger partial charge in [0.15, 0.2) is 18.5 Å². The summed E-state index contributed by atoms with van der Waals surface area (Å²) in [4.78, 5) is 31.9. The fraction of sp³-hybridized carbons (Fsp3) is 0.727. The van der Waals surface area contributed by atoms with Crippen LogP contribution in [0.4, 0.5) is 0 Å². The van der Waals surface area contributed by atoms with Gasteiger partial charge in [-0.1, -0.05) is 0 Å². The summed E-state index contributed by atoms with van der Waals surface area (Å²) in [5, 5.41) is 72.7. The number of esters is 1. The van der Waals surface area contributed by atoms with Crippen LogP contribution in [0, 0.1) is 0 Å². The molecule has 23 heavy (non-hydrogen) atoms. The van der Waals surface area contributed by atoms with Crippen molar-refractivity contribution in [2.24, 2.45) is 0 Å². The van der Waals surface area contributed by atoms with Gasteiger partial charge in [-0.15, -0.1) is 0 Å². The minimum Gasteiger partial charge on any atom is -0.479 e. The largest absolute Gasteiger partial charge is 0.479 e. The molecule has 134 valence electrons. The first kappa shape index (κ1) is 21.3. The summed E-state index contributed by atoms with van der Waals surface area (Å²) in [6.45, 7) is -0.994. The van der Waals surface area contributed by atoms with Crippen LogP contribution in [-0.2, 0) is 19.1 Å². The first-order valence-electron chi connectivity index (χ1n) is 6.15. The molecule has 0 aromatic carbocycles. The molecular weight excluding hydrogens is 324 g/mol. The van der Waals surface area contributed by atoms with Gasteiger partial charge in [-0.05, 0) is 0 Å². The quantitative estimate of drug-likeness (QED) is 0.137. The van der Waals surface area contributed by atoms with E-state index in [0.29, 0.717) is 0 Å². The minimum atomic E-state index is -2.48. The molecular formula is C11H18O12. The highest BCUT2D eigenvalue weighted by atomic mass is 16.6. The predicted octanol–water partition coefficient (Wildman–Crippen LogP) is -5.66. The Bertz CT molecular complexity index is 412. The zero-order valence-corrected chi connectivity index (χ0v) is 11.5. The molecule has 0 bridgehead atoms. The van der Waals surface area contributed by atoms with Crippen LogP contribution in [-0.4, -0.2) is 108 Å². The molecule has 0 spiro atoms. The van der Waals surface area contributed by atoms with E-state index in [2.05, 4.69) is 4.74 Å². The SMILES string of the molecule is O=C[C@@H](O)[C@H](O)[C@H](O)COC(=O)[C@H](O)[C@@H](O)[C@H](O)[C@H](O)C(=O)O.